The van der Waals surface area contributed by atoms with E-state index < -0.39 is 5.97 Å². The molecule has 0 aliphatic rings. The van der Waals surface area contributed by atoms with Gasteiger partial charge in [-0.05, 0) is 12.8 Å². The molecule has 0 aliphatic carbocycles. The number of carbonyl (C=O) groups excluding carboxylic acids is 2. The van der Waals surface area contributed by atoms with Crippen LogP contribution in [0.3, 0.4) is 0 Å². The predicted octanol–water partition coefficient (Wildman–Crippen LogP) is 1.55. The number of amides is 1. The molecule has 0 rings (SSSR count). The number of ether oxygens (including phenoxy) is 5. The first kappa shape index (κ1) is 29.2. The summed E-state index contributed by atoms with van der Waals surface area (Å²) in [6.45, 7) is 6.37. The zero-order chi connectivity index (χ0) is 23.0. The Morgan fingerprint density at radius 2 is 1.23 bits per heavy atom. The molecule has 182 valence electrons. The molecule has 0 aromatic heterocycles. The molecule has 1 amide bonds. The molecule has 0 aromatic carbocycles. The molecule has 0 saturated carbocycles. The zero-order valence-electron chi connectivity index (χ0n) is 18.7. The number of rotatable bonds is 23. The molecule has 0 heterocycles. The van der Waals surface area contributed by atoms with Crippen LogP contribution in [0.15, 0.2) is 0 Å². The van der Waals surface area contributed by atoms with Gasteiger partial charge >= 0.3 is 11.9 Å². The third-order valence-electron chi connectivity index (χ3n) is 3.94. The Hall–Kier alpha value is -1.75. The fourth-order valence-electron chi connectivity index (χ4n) is 2.28. The third kappa shape index (κ3) is 24.4. The van der Waals surface area contributed by atoms with Crippen molar-refractivity contribution < 1.29 is 43.2 Å². The summed E-state index contributed by atoms with van der Waals surface area (Å²) in [6.07, 6.45) is 3.95. The number of carboxylic acids is 1. The SMILES string of the molecule is CCCCCC(=O)OCCOCCOCCOCCOCCCNC(=O)CCC(=O)O. The molecular weight excluding hydrogens is 410 g/mol. The summed E-state index contributed by atoms with van der Waals surface area (Å²) in [7, 11) is 0. The lowest BCUT2D eigenvalue weighted by atomic mass is 10.2. The topological polar surface area (TPSA) is 130 Å². The van der Waals surface area contributed by atoms with E-state index in [9.17, 15) is 14.4 Å². The van der Waals surface area contributed by atoms with Crippen LogP contribution in [0.2, 0.25) is 0 Å². The molecule has 0 unspecified atom stereocenters. The van der Waals surface area contributed by atoms with Gasteiger partial charge in [-0.1, -0.05) is 19.8 Å². The van der Waals surface area contributed by atoms with Gasteiger partial charge in [-0.25, -0.2) is 0 Å². The number of nitrogens with one attached hydrogen (secondary N) is 1. The van der Waals surface area contributed by atoms with Crippen molar-refractivity contribution in [3.8, 4) is 0 Å². The number of aliphatic carboxylic acids is 1. The van der Waals surface area contributed by atoms with Gasteiger partial charge < -0.3 is 34.1 Å². The number of carboxylic acid groups (broad SMARTS) is 1. The Bertz CT molecular complexity index is 460. The number of hydrogen-bond acceptors (Lipinski definition) is 8. The Morgan fingerprint density at radius 3 is 1.77 bits per heavy atom. The van der Waals surface area contributed by atoms with Gasteiger partial charge in [-0.3, -0.25) is 14.4 Å². The average molecular weight is 450 g/mol. The van der Waals surface area contributed by atoms with Crippen LogP contribution < -0.4 is 5.32 Å². The van der Waals surface area contributed by atoms with E-state index in [1.807, 2.05) is 0 Å². The largest absolute Gasteiger partial charge is 0.481 e. The van der Waals surface area contributed by atoms with E-state index in [1.165, 1.54) is 0 Å². The van der Waals surface area contributed by atoms with Gasteiger partial charge in [0.1, 0.15) is 6.61 Å². The van der Waals surface area contributed by atoms with Crippen molar-refractivity contribution in [3.63, 3.8) is 0 Å². The monoisotopic (exact) mass is 449 g/mol. The van der Waals surface area contributed by atoms with E-state index >= 15 is 0 Å². The third-order valence-corrected chi connectivity index (χ3v) is 3.94. The summed E-state index contributed by atoms with van der Waals surface area (Å²) in [5, 5.41) is 11.1. The standard InChI is InChI=1S/C21H39NO9/c1-2-3-4-6-21(26)31-18-17-30-16-15-29-14-13-28-12-11-27-10-5-9-22-19(23)7-8-20(24)25/h2-18H2,1H3,(H,22,23)(H,24,25). The van der Waals surface area contributed by atoms with E-state index in [4.69, 9.17) is 28.8 Å². The van der Waals surface area contributed by atoms with Crippen LogP contribution in [-0.2, 0) is 38.1 Å². The van der Waals surface area contributed by atoms with Gasteiger partial charge in [0.25, 0.3) is 0 Å². The van der Waals surface area contributed by atoms with E-state index in [2.05, 4.69) is 12.2 Å². The Labute approximate surface area is 184 Å². The van der Waals surface area contributed by atoms with Crippen molar-refractivity contribution in [2.45, 2.75) is 51.9 Å². The van der Waals surface area contributed by atoms with E-state index in [-0.39, 0.29) is 31.3 Å². The van der Waals surface area contributed by atoms with Gasteiger partial charge in [0.2, 0.25) is 5.91 Å². The quantitative estimate of drug-likeness (QED) is 0.176. The first-order valence-corrected chi connectivity index (χ1v) is 11.0. The second-order valence-corrected chi connectivity index (χ2v) is 6.72. The smallest absolute Gasteiger partial charge is 0.305 e. The molecule has 10 nitrogen and oxygen atoms in total. The van der Waals surface area contributed by atoms with Crippen molar-refractivity contribution in [2.24, 2.45) is 0 Å². The summed E-state index contributed by atoms with van der Waals surface area (Å²) in [4.78, 5) is 33.0. The van der Waals surface area contributed by atoms with Gasteiger partial charge in [0, 0.05) is 26.0 Å². The van der Waals surface area contributed by atoms with Crippen LogP contribution in [-0.4, -0.2) is 89.0 Å². The Balaban J connectivity index is 3.16. The molecule has 0 radical (unpaired) electrons. The Kier molecular flexibility index (Phi) is 21.6. The first-order valence-electron chi connectivity index (χ1n) is 11.0. The molecule has 2 N–H and O–H groups in total. The minimum atomic E-state index is -0.982. The maximum Gasteiger partial charge on any atom is 0.305 e. The van der Waals surface area contributed by atoms with Crippen LogP contribution in [0.1, 0.15) is 51.9 Å². The van der Waals surface area contributed by atoms with Gasteiger partial charge in [0.05, 0.1) is 52.7 Å². The minimum Gasteiger partial charge on any atom is -0.481 e. The van der Waals surface area contributed by atoms with E-state index in [0.29, 0.717) is 72.2 Å². The molecule has 0 atom stereocenters. The number of hydrogen-bond donors (Lipinski definition) is 2. The Morgan fingerprint density at radius 1 is 0.677 bits per heavy atom. The van der Waals surface area contributed by atoms with Crippen molar-refractivity contribution in [1.29, 1.82) is 0 Å². The second-order valence-electron chi connectivity index (χ2n) is 6.72. The molecule has 0 spiro atoms. The maximum atomic E-state index is 11.4. The van der Waals surface area contributed by atoms with Gasteiger partial charge in [-0.2, -0.15) is 0 Å². The molecule has 0 saturated heterocycles. The lowest BCUT2D eigenvalue weighted by molar-refractivity contribution is -0.145. The van der Waals surface area contributed by atoms with Crippen molar-refractivity contribution in [2.75, 3.05) is 66.0 Å². The van der Waals surface area contributed by atoms with Crippen LogP contribution >= 0.6 is 0 Å². The highest BCUT2D eigenvalue weighted by atomic mass is 16.6. The summed E-state index contributed by atoms with van der Waals surface area (Å²) in [6, 6.07) is 0. The molecule has 0 fully saturated rings. The summed E-state index contributed by atoms with van der Waals surface area (Å²) in [5.41, 5.74) is 0. The van der Waals surface area contributed by atoms with Crippen molar-refractivity contribution in [3.05, 3.63) is 0 Å². The van der Waals surface area contributed by atoms with Gasteiger partial charge in [0.15, 0.2) is 0 Å². The fourth-order valence-corrected chi connectivity index (χ4v) is 2.28. The maximum absolute atomic E-state index is 11.4. The number of carbonyl (C=O) groups is 3. The second kappa shape index (κ2) is 22.9. The zero-order valence-corrected chi connectivity index (χ0v) is 18.7. The molecule has 10 heteroatoms. The molecule has 0 aromatic rings. The highest BCUT2D eigenvalue weighted by Crippen LogP contribution is 2.00. The van der Waals surface area contributed by atoms with Gasteiger partial charge in [-0.15, -0.1) is 0 Å². The number of esters is 1. The molecule has 0 aliphatic heterocycles. The lowest BCUT2D eigenvalue weighted by Crippen LogP contribution is -2.25. The summed E-state index contributed by atoms with van der Waals surface area (Å²) >= 11 is 0. The minimum absolute atomic E-state index is 0.00710. The van der Waals surface area contributed by atoms with Crippen LogP contribution in [0.4, 0.5) is 0 Å². The number of unbranched alkanes of at least 4 members (excludes halogenated alkanes) is 2. The van der Waals surface area contributed by atoms with Crippen LogP contribution in [0.25, 0.3) is 0 Å². The first-order chi connectivity index (χ1) is 15.1. The highest BCUT2D eigenvalue weighted by Gasteiger charge is 2.04. The molecular formula is C21H39NO9. The highest BCUT2D eigenvalue weighted by molar-refractivity contribution is 5.80. The van der Waals surface area contributed by atoms with E-state index in [0.717, 1.165) is 19.3 Å². The summed E-state index contributed by atoms with van der Waals surface area (Å²) in [5.74, 6) is -1.42. The van der Waals surface area contributed by atoms with Crippen molar-refractivity contribution in [1.82, 2.24) is 5.32 Å². The molecule has 0 bridgehead atoms. The normalized spacial score (nSPS) is 10.7. The average Bonchev–Trinajstić information content (AvgIpc) is 2.74. The van der Waals surface area contributed by atoms with Crippen molar-refractivity contribution >= 4 is 17.8 Å². The lowest BCUT2D eigenvalue weighted by Gasteiger charge is -2.08. The molecule has 31 heavy (non-hydrogen) atoms. The van der Waals surface area contributed by atoms with E-state index in [1.54, 1.807) is 0 Å². The predicted molar refractivity (Wildman–Crippen MR) is 113 cm³/mol. The van der Waals surface area contributed by atoms with Crippen LogP contribution in [0, 0.1) is 0 Å². The van der Waals surface area contributed by atoms with Crippen LogP contribution in [0.5, 0.6) is 0 Å². The summed E-state index contributed by atoms with van der Waals surface area (Å²) < 4.78 is 26.5. The fraction of sp³-hybridized carbons (Fsp3) is 0.857.